The van der Waals surface area contributed by atoms with E-state index in [1.165, 1.54) is 0 Å². The van der Waals surface area contributed by atoms with Gasteiger partial charge in [0.2, 0.25) is 5.91 Å². The number of carboxylic acids is 1. The van der Waals surface area contributed by atoms with Crippen LogP contribution in [0.3, 0.4) is 0 Å². The van der Waals surface area contributed by atoms with Crippen LogP contribution in [0.25, 0.3) is 0 Å². The van der Waals surface area contributed by atoms with Crippen molar-refractivity contribution in [1.82, 2.24) is 4.90 Å². The second-order valence-corrected chi connectivity index (χ2v) is 5.88. The third kappa shape index (κ3) is 2.19. The molecule has 0 radical (unpaired) electrons. The number of hydrogen-bond acceptors (Lipinski definition) is 2. The number of carbonyl (C=O) groups is 2. The zero-order valence-electron chi connectivity index (χ0n) is 11.4. The Bertz CT molecular complexity index is 522. The summed E-state index contributed by atoms with van der Waals surface area (Å²) < 4.78 is 0. The fourth-order valence-corrected chi connectivity index (χ4v) is 3.17. The standard InChI is InChI=1S/C16H19NO3/c18-14(19)12-5-4-10-17(11-12)15(20)16(8-9-16)13-6-2-1-3-7-13/h1-3,6-7,12H,4-5,8-11H2,(H,18,19)/t12-/m1/s1. The Morgan fingerprint density at radius 3 is 2.50 bits per heavy atom. The van der Waals surface area contributed by atoms with Crippen molar-refractivity contribution in [3.8, 4) is 0 Å². The van der Waals surface area contributed by atoms with Gasteiger partial charge in [-0.3, -0.25) is 9.59 Å². The van der Waals surface area contributed by atoms with Crippen LogP contribution in [0.2, 0.25) is 0 Å². The largest absolute Gasteiger partial charge is 0.481 e. The van der Waals surface area contributed by atoms with Gasteiger partial charge >= 0.3 is 5.97 Å². The van der Waals surface area contributed by atoms with Crippen molar-refractivity contribution in [2.24, 2.45) is 5.92 Å². The van der Waals surface area contributed by atoms with Gasteiger partial charge in [-0.25, -0.2) is 0 Å². The first-order valence-corrected chi connectivity index (χ1v) is 7.21. The summed E-state index contributed by atoms with van der Waals surface area (Å²) >= 11 is 0. The molecular weight excluding hydrogens is 254 g/mol. The van der Waals surface area contributed by atoms with E-state index >= 15 is 0 Å². The van der Waals surface area contributed by atoms with Crippen LogP contribution in [-0.2, 0) is 15.0 Å². The van der Waals surface area contributed by atoms with Gasteiger partial charge in [-0.1, -0.05) is 30.3 Å². The maximum Gasteiger partial charge on any atom is 0.308 e. The lowest BCUT2D eigenvalue weighted by atomic mass is 9.91. The fourth-order valence-electron chi connectivity index (χ4n) is 3.17. The van der Waals surface area contributed by atoms with Gasteiger partial charge in [0.05, 0.1) is 11.3 Å². The number of piperidine rings is 1. The van der Waals surface area contributed by atoms with Crippen molar-refractivity contribution in [2.45, 2.75) is 31.1 Å². The fraction of sp³-hybridized carbons (Fsp3) is 0.500. The van der Waals surface area contributed by atoms with Crippen LogP contribution < -0.4 is 0 Å². The minimum atomic E-state index is -0.785. The monoisotopic (exact) mass is 273 g/mol. The minimum absolute atomic E-state index is 0.120. The van der Waals surface area contributed by atoms with Crippen LogP contribution in [-0.4, -0.2) is 35.0 Å². The molecule has 106 valence electrons. The molecule has 0 bridgehead atoms. The van der Waals surface area contributed by atoms with E-state index in [2.05, 4.69) is 0 Å². The Morgan fingerprint density at radius 2 is 1.90 bits per heavy atom. The maximum atomic E-state index is 12.8. The number of likely N-dealkylation sites (tertiary alicyclic amines) is 1. The molecule has 2 aliphatic rings. The first-order valence-electron chi connectivity index (χ1n) is 7.21. The molecule has 1 heterocycles. The van der Waals surface area contributed by atoms with E-state index in [1.54, 1.807) is 4.90 Å². The quantitative estimate of drug-likeness (QED) is 0.917. The smallest absolute Gasteiger partial charge is 0.308 e. The second-order valence-electron chi connectivity index (χ2n) is 5.88. The summed E-state index contributed by atoms with van der Waals surface area (Å²) in [5.74, 6) is -1.07. The van der Waals surface area contributed by atoms with Crippen molar-refractivity contribution in [3.63, 3.8) is 0 Å². The molecule has 1 aromatic carbocycles. The second kappa shape index (κ2) is 4.93. The summed E-state index contributed by atoms with van der Waals surface area (Å²) in [5.41, 5.74) is 0.698. The molecule has 0 aromatic heterocycles. The molecule has 1 aliphatic carbocycles. The van der Waals surface area contributed by atoms with Gasteiger partial charge in [-0.15, -0.1) is 0 Å². The highest BCUT2D eigenvalue weighted by Crippen LogP contribution is 2.49. The van der Waals surface area contributed by atoms with Crippen molar-refractivity contribution >= 4 is 11.9 Å². The van der Waals surface area contributed by atoms with E-state index < -0.39 is 11.9 Å². The van der Waals surface area contributed by atoms with Gasteiger partial charge in [0.25, 0.3) is 0 Å². The van der Waals surface area contributed by atoms with Gasteiger partial charge in [0.1, 0.15) is 0 Å². The van der Waals surface area contributed by atoms with Gasteiger partial charge in [0, 0.05) is 13.1 Å². The Morgan fingerprint density at radius 1 is 1.20 bits per heavy atom. The number of aliphatic carboxylic acids is 1. The summed E-state index contributed by atoms with van der Waals surface area (Å²) in [7, 11) is 0. The molecule has 4 nitrogen and oxygen atoms in total. The Hall–Kier alpha value is -1.84. The molecule has 1 N–H and O–H groups in total. The number of nitrogens with zero attached hydrogens (tertiary/aromatic N) is 1. The predicted molar refractivity (Wildman–Crippen MR) is 74.3 cm³/mol. The number of carboxylic acid groups (broad SMARTS) is 1. The first-order chi connectivity index (χ1) is 9.63. The van der Waals surface area contributed by atoms with Crippen molar-refractivity contribution < 1.29 is 14.7 Å². The van der Waals surface area contributed by atoms with Crippen LogP contribution in [0.15, 0.2) is 30.3 Å². The predicted octanol–water partition coefficient (Wildman–Crippen LogP) is 2.04. The molecule has 3 rings (SSSR count). The molecular formula is C16H19NO3. The van der Waals surface area contributed by atoms with Crippen molar-refractivity contribution in [3.05, 3.63) is 35.9 Å². The molecule has 2 fully saturated rings. The van der Waals surface area contributed by atoms with Crippen molar-refractivity contribution in [2.75, 3.05) is 13.1 Å². The van der Waals surface area contributed by atoms with E-state index in [0.29, 0.717) is 19.5 Å². The first kappa shape index (κ1) is 13.2. The average molecular weight is 273 g/mol. The molecule has 1 saturated carbocycles. The Labute approximate surface area is 118 Å². The van der Waals surface area contributed by atoms with E-state index in [0.717, 1.165) is 24.8 Å². The summed E-state index contributed by atoms with van der Waals surface area (Å²) in [6.07, 6.45) is 3.22. The molecule has 1 saturated heterocycles. The third-order valence-electron chi connectivity index (χ3n) is 4.54. The molecule has 4 heteroatoms. The zero-order chi connectivity index (χ0) is 14.2. The lowest BCUT2D eigenvalue weighted by Crippen LogP contribution is -2.46. The lowest BCUT2D eigenvalue weighted by Gasteiger charge is -2.33. The van der Waals surface area contributed by atoms with Crippen LogP contribution in [0.1, 0.15) is 31.2 Å². The number of rotatable bonds is 3. The third-order valence-corrected chi connectivity index (χ3v) is 4.54. The zero-order valence-corrected chi connectivity index (χ0v) is 11.4. The van der Waals surface area contributed by atoms with Crippen LogP contribution in [0.4, 0.5) is 0 Å². The molecule has 1 aliphatic heterocycles. The SMILES string of the molecule is O=C(O)[C@@H]1CCCN(C(=O)C2(c3ccccc3)CC2)C1. The lowest BCUT2D eigenvalue weighted by molar-refractivity contribution is -0.146. The Balaban J connectivity index is 1.77. The van der Waals surface area contributed by atoms with Crippen LogP contribution in [0.5, 0.6) is 0 Å². The minimum Gasteiger partial charge on any atom is -0.481 e. The maximum absolute atomic E-state index is 12.8. The normalized spacial score (nSPS) is 24.2. The summed E-state index contributed by atoms with van der Waals surface area (Å²) in [4.78, 5) is 25.7. The number of hydrogen-bond donors (Lipinski definition) is 1. The highest BCUT2D eigenvalue weighted by atomic mass is 16.4. The highest BCUT2D eigenvalue weighted by molar-refractivity contribution is 5.91. The van der Waals surface area contributed by atoms with E-state index in [1.807, 2.05) is 30.3 Å². The molecule has 1 atom stereocenters. The number of carbonyl (C=O) groups excluding carboxylic acids is 1. The topological polar surface area (TPSA) is 57.6 Å². The van der Waals surface area contributed by atoms with Gasteiger partial charge < -0.3 is 10.0 Å². The van der Waals surface area contributed by atoms with Gasteiger partial charge in [-0.2, -0.15) is 0 Å². The van der Waals surface area contributed by atoms with Crippen molar-refractivity contribution in [1.29, 1.82) is 0 Å². The van der Waals surface area contributed by atoms with E-state index in [9.17, 15) is 9.59 Å². The molecule has 0 unspecified atom stereocenters. The molecule has 1 aromatic rings. The van der Waals surface area contributed by atoms with Gasteiger partial charge in [-0.05, 0) is 31.2 Å². The Kier molecular flexibility index (Phi) is 3.24. The number of benzene rings is 1. The van der Waals surface area contributed by atoms with E-state index in [4.69, 9.17) is 5.11 Å². The summed E-state index contributed by atoms with van der Waals surface area (Å²) in [5, 5.41) is 9.14. The van der Waals surface area contributed by atoms with Crippen LogP contribution >= 0.6 is 0 Å². The highest BCUT2D eigenvalue weighted by Gasteiger charge is 2.53. The van der Waals surface area contributed by atoms with Gasteiger partial charge in [0.15, 0.2) is 0 Å². The van der Waals surface area contributed by atoms with Crippen LogP contribution in [0, 0.1) is 5.92 Å². The molecule has 1 amide bonds. The average Bonchev–Trinajstić information content (AvgIpc) is 3.29. The summed E-state index contributed by atoms with van der Waals surface area (Å²) in [6.45, 7) is 1.06. The summed E-state index contributed by atoms with van der Waals surface area (Å²) in [6, 6.07) is 9.87. The molecule has 20 heavy (non-hydrogen) atoms. The van der Waals surface area contributed by atoms with E-state index in [-0.39, 0.29) is 11.3 Å². The molecule has 0 spiro atoms. The number of amides is 1.